The molecular weight excluding hydrogens is 352 g/mol. The Labute approximate surface area is 153 Å². The number of carbonyl (C=O) groups excluding carboxylic acids is 2. The number of esters is 1. The van der Waals surface area contributed by atoms with E-state index in [4.69, 9.17) is 4.74 Å². The highest BCUT2D eigenvalue weighted by Gasteiger charge is 2.15. The molecule has 0 aliphatic carbocycles. The summed E-state index contributed by atoms with van der Waals surface area (Å²) in [5.41, 5.74) is 0.875. The number of ether oxygens (including phenoxy) is 1. The largest absolute Gasteiger partial charge is 0.452 e. The predicted molar refractivity (Wildman–Crippen MR) is 102 cm³/mol. The lowest BCUT2D eigenvalue weighted by atomic mass is 10.1. The van der Waals surface area contributed by atoms with Crippen molar-refractivity contribution in [1.29, 1.82) is 0 Å². The van der Waals surface area contributed by atoms with E-state index < -0.39 is 24.0 Å². The van der Waals surface area contributed by atoms with Gasteiger partial charge in [-0.25, -0.2) is 4.79 Å². The highest BCUT2D eigenvalue weighted by molar-refractivity contribution is 7.98. The molecule has 26 heavy (non-hydrogen) atoms. The summed E-state index contributed by atoms with van der Waals surface area (Å²) in [6.07, 6.45) is 1.94. The first-order chi connectivity index (χ1) is 12.6. The van der Waals surface area contributed by atoms with Gasteiger partial charge in [0.2, 0.25) is 5.56 Å². The molecule has 0 fully saturated rings. The van der Waals surface area contributed by atoms with Gasteiger partial charge in [-0.05, 0) is 30.5 Å². The number of fused-ring (bicyclic) bond motifs is 1. The van der Waals surface area contributed by atoms with Gasteiger partial charge in [-0.2, -0.15) is 0 Å². The van der Waals surface area contributed by atoms with Crippen molar-refractivity contribution in [3.05, 3.63) is 70.5 Å². The number of H-pyrrole nitrogens is 1. The second-order valence-corrected chi connectivity index (χ2v) is 6.33. The number of rotatable bonds is 5. The lowest BCUT2D eigenvalue weighted by molar-refractivity contribution is -0.119. The monoisotopic (exact) mass is 368 g/mol. The van der Waals surface area contributed by atoms with Crippen molar-refractivity contribution in [2.24, 2.45) is 0 Å². The number of carbonyl (C=O) groups is 2. The number of para-hydroxylation sites is 1. The maximum atomic E-state index is 12.3. The molecule has 1 heterocycles. The number of thioether (sulfide) groups is 1. The third-order valence-corrected chi connectivity index (χ3v) is 4.38. The van der Waals surface area contributed by atoms with Crippen LogP contribution in [0.4, 0.5) is 5.69 Å². The van der Waals surface area contributed by atoms with Gasteiger partial charge in [0.15, 0.2) is 6.61 Å². The Morgan fingerprint density at radius 3 is 2.73 bits per heavy atom. The van der Waals surface area contributed by atoms with Gasteiger partial charge in [-0.1, -0.05) is 24.3 Å². The number of hydrogen-bond donors (Lipinski definition) is 2. The summed E-state index contributed by atoms with van der Waals surface area (Å²) in [6.45, 7) is -0.441. The number of benzene rings is 2. The van der Waals surface area contributed by atoms with E-state index in [1.165, 1.54) is 6.07 Å². The number of pyridine rings is 1. The van der Waals surface area contributed by atoms with Crippen molar-refractivity contribution >= 4 is 40.2 Å². The zero-order valence-electron chi connectivity index (χ0n) is 13.9. The normalized spacial score (nSPS) is 10.5. The maximum absolute atomic E-state index is 12.3. The third kappa shape index (κ3) is 4.12. The second-order valence-electron chi connectivity index (χ2n) is 5.45. The van der Waals surface area contributed by atoms with E-state index in [2.05, 4.69) is 10.3 Å². The molecule has 2 N–H and O–H groups in total. The van der Waals surface area contributed by atoms with Gasteiger partial charge in [-0.3, -0.25) is 9.59 Å². The van der Waals surface area contributed by atoms with Gasteiger partial charge >= 0.3 is 5.97 Å². The van der Waals surface area contributed by atoms with Crippen LogP contribution >= 0.6 is 11.8 Å². The van der Waals surface area contributed by atoms with Gasteiger partial charge < -0.3 is 15.0 Å². The summed E-state index contributed by atoms with van der Waals surface area (Å²) in [6, 6.07) is 15.4. The second kappa shape index (κ2) is 7.88. The number of hydrogen-bond acceptors (Lipinski definition) is 5. The van der Waals surface area contributed by atoms with Gasteiger partial charge in [0.25, 0.3) is 5.91 Å². The highest BCUT2D eigenvalue weighted by atomic mass is 32.2. The zero-order chi connectivity index (χ0) is 18.5. The van der Waals surface area contributed by atoms with Crippen molar-refractivity contribution in [3.8, 4) is 0 Å². The molecule has 0 radical (unpaired) electrons. The third-order valence-electron chi connectivity index (χ3n) is 3.66. The Bertz CT molecular complexity index is 1030. The van der Waals surface area contributed by atoms with Crippen molar-refractivity contribution in [1.82, 2.24) is 4.98 Å². The number of anilines is 1. The van der Waals surface area contributed by atoms with Crippen LogP contribution in [0.2, 0.25) is 0 Å². The van der Waals surface area contributed by atoms with Crippen molar-refractivity contribution in [2.45, 2.75) is 4.90 Å². The van der Waals surface area contributed by atoms with Crippen LogP contribution in [-0.4, -0.2) is 29.7 Å². The molecule has 0 aliphatic heterocycles. The molecule has 0 unspecified atom stereocenters. The fourth-order valence-corrected chi connectivity index (χ4v) is 2.94. The molecule has 0 spiro atoms. The van der Waals surface area contributed by atoms with Crippen LogP contribution in [0.15, 0.2) is 64.3 Å². The van der Waals surface area contributed by atoms with Crippen molar-refractivity contribution in [3.63, 3.8) is 0 Å². The van der Waals surface area contributed by atoms with Crippen LogP contribution in [0.5, 0.6) is 0 Å². The summed E-state index contributed by atoms with van der Waals surface area (Å²) in [4.78, 5) is 39.7. The fraction of sp³-hybridized carbons (Fsp3) is 0.105. The SMILES string of the molecule is CSc1cccc(NC(=O)COC(=O)c2cc(=O)[nH]c3ccccc23)c1. The van der Waals surface area contributed by atoms with E-state index in [9.17, 15) is 14.4 Å². The highest BCUT2D eigenvalue weighted by Crippen LogP contribution is 2.19. The molecule has 0 atom stereocenters. The van der Waals surface area contributed by atoms with Crippen LogP contribution in [0.3, 0.4) is 0 Å². The average molecular weight is 368 g/mol. The van der Waals surface area contributed by atoms with Crippen LogP contribution in [0.1, 0.15) is 10.4 Å². The minimum absolute atomic E-state index is 0.126. The fourth-order valence-electron chi connectivity index (χ4n) is 2.48. The van der Waals surface area contributed by atoms with E-state index in [0.29, 0.717) is 16.6 Å². The molecule has 3 rings (SSSR count). The predicted octanol–water partition coefficient (Wildman–Crippen LogP) is 3.05. The summed E-state index contributed by atoms with van der Waals surface area (Å²) in [7, 11) is 0. The van der Waals surface area contributed by atoms with Crippen molar-refractivity contribution < 1.29 is 14.3 Å². The Hall–Kier alpha value is -3.06. The van der Waals surface area contributed by atoms with E-state index >= 15 is 0 Å². The van der Waals surface area contributed by atoms with E-state index in [1.54, 1.807) is 42.1 Å². The Morgan fingerprint density at radius 2 is 1.92 bits per heavy atom. The molecule has 0 saturated heterocycles. The lowest BCUT2D eigenvalue weighted by Gasteiger charge is -2.09. The average Bonchev–Trinajstić information content (AvgIpc) is 2.65. The van der Waals surface area contributed by atoms with Crippen LogP contribution in [-0.2, 0) is 9.53 Å². The molecule has 0 saturated carbocycles. The van der Waals surface area contributed by atoms with Gasteiger partial charge in [0.05, 0.1) is 5.56 Å². The molecule has 0 bridgehead atoms. The molecule has 7 heteroatoms. The first-order valence-corrected chi connectivity index (χ1v) is 9.02. The van der Waals surface area contributed by atoms with Crippen LogP contribution < -0.4 is 10.9 Å². The van der Waals surface area contributed by atoms with Gasteiger partial charge in [0.1, 0.15) is 0 Å². The maximum Gasteiger partial charge on any atom is 0.339 e. The van der Waals surface area contributed by atoms with Crippen LogP contribution in [0, 0.1) is 0 Å². The minimum atomic E-state index is -0.722. The number of nitrogens with one attached hydrogen (secondary N) is 2. The first kappa shape index (κ1) is 17.8. The van der Waals surface area contributed by atoms with Gasteiger partial charge in [-0.15, -0.1) is 11.8 Å². The zero-order valence-corrected chi connectivity index (χ0v) is 14.8. The number of aromatic amines is 1. The Morgan fingerprint density at radius 1 is 1.12 bits per heavy atom. The summed E-state index contributed by atoms with van der Waals surface area (Å²) >= 11 is 1.56. The van der Waals surface area contributed by atoms with Gasteiger partial charge in [0, 0.05) is 27.6 Å². The lowest BCUT2D eigenvalue weighted by Crippen LogP contribution is -2.22. The summed E-state index contributed by atoms with van der Waals surface area (Å²) < 4.78 is 5.07. The first-order valence-electron chi connectivity index (χ1n) is 7.80. The smallest absolute Gasteiger partial charge is 0.339 e. The Balaban J connectivity index is 1.69. The van der Waals surface area contributed by atoms with E-state index in [-0.39, 0.29) is 5.56 Å². The standard InChI is InChI=1S/C19H16N2O4S/c1-26-13-6-4-5-12(9-13)20-18(23)11-25-19(24)15-10-17(22)21-16-8-3-2-7-14(15)16/h2-10H,11H2,1H3,(H,20,23)(H,21,22). The number of aromatic nitrogens is 1. The summed E-state index contributed by atoms with van der Waals surface area (Å²) in [5, 5.41) is 3.23. The molecule has 1 amide bonds. The molecule has 0 aliphatic rings. The topological polar surface area (TPSA) is 88.3 Å². The van der Waals surface area contributed by atoms with Crippen molar-refractivity contribution in [2.75, 3.05) is 18.2 Å². The molecule has 132 valence electrons. The minimum Gasteiger partial charge on any atom is -0.452 e. The van der Waals surface area contributed by atoms with E-state index in [0.717, 1.165) is 4.90 Å². The molecule has 3 aromatic rings. The van der Waals surface area contributed by atoms with E-state index in [1.807, 2.05) is 24.5 Å². The molecule has 6 nitrogen and oxygen atoms in total. The Kier molecular flexibility index (Phi) is 5.38. The molecular formula is C19H16N2O4S. The molecule has 2 aromatic carbocycles. The summed E-state index contributed by atoms with van der Waals surface area (Å²) in [5.74, 6) is -1.17. The van der Waals surface area contributed by atoms with Crippen LogP contribution in [0.25, 0.3) is 10.9 Å². The quantitative estimate of drug-likeness (QED) is 0.534. The number of amides is 1. The molecule has 1 aromatic heterocycles.